The molecule has 3 heteroatoms. The number of aliphatic imine (C=N–C) groups is 2. The van der Waals surface area contributed by atoms with Gasteiger partial charge < -0.3 is 5.32 Å². The summed E-state index contributed by atoms with van der Waals surface area (Å²) < 4.78 is 0. The molecule has 2 aromatic rings. The van der Waals surface area contributed by atoms with Crippen LogP contribution in [-0.2, 0) is 0 Å². The number of amidine groups is 2. The Hall–Kier alpha value is -2.42. The molecule has 0 saturated carbocycles. The van der Waals surface area contributed by atoms with E-state index < -0.39 is 0 Å². The fourth-order valence-corrected chi connectivity index (χ4v) is 2.17. The largest absolute Gasteiger partial charge is 0.324 e. The second-order valence-corrected chi connectivity index (χ2v) is 4.70. The minimum Gasteiger partial charge on any atom is -0.324 e. The minimum absolute atomic E-state index is 0.0123. The maximum absolute atomic E-state index is 4.66. The Morgan fingerprint density at radius 1 is 0.800 bits per heavy atom. The summed E-state index contributed by atoms with van der Waals surface area (Å²) in [4.78, 5) is 9.33. The van der Waals surface area contributed by atoms with E-state index in [-0.39, 0.29) is 6.17 Å². The number of nitrogens with one attached hydrogen (secondary N) is 1. The Labute approximate surface area is 119 Å². The van der Waals surface area contributed by atoms with Gasteiger partial charge >= 0.3 is 0 Å². The molecule has 20 heavy (non-hydrogen) atoms. The third-order valence-electron chi connectivity index (χ3n) is 3.25. The average Bonchev–Trinajstić information content (AvgIpc) is 2.56. The summed E-state index contributed by atoms with van der Waals surface area (Å²) >= 11 is 0. The first-order chi connectivity index (χ1) is 9.86. The van der Waals surface area contributed by atoms with Crippen molar-refractivity contribution in [1.82, 2.24) is 5.32 Å². The lowest BCUT2D eigenvalue weighted by molar-refractivity contribution is 0.673. The van der Waals surface area contributed by atoms with Crippen molar-refractivity contribution in [3.63, 3.8) is 0 Å². The zero-order valence-electron chi connectivity index (χ0n) is 11.5. The quantitative estimate of drug-likeness (QED) is 0.907. The molecule has 2 aromatic carbocycles. The molecule has 0 atom stereocenters. The van der Waals surface area contributed by atoms with Crippen LogP contribution >= 0.6 is 0 Å². The van der Waals surface area contributed by atoms with Gasteiger partial charge in [0.15, 0.2) is 0 Å². The van der Waals surface area contributed by atoms with E-state index in [0.29, 0.717) is 0 Å². The maximum Gasteiger partial charge on any atom is 0.144 e. The van der Waals surface area contributed by atoms with Crippen molar-refractivity contribution in [2.24, 2.45) is 9.98 Å². The van der Waals surface area contributed by atoms with Crippen LogP contribution in [-0.4, -0.2) is 17.8 Å². The fourth-order valence-electron chi connectivity index (χ4n) is 2.17. The van der Waals surface area contributed by atoms with Crippen molar-refractivity contribution in [3.05, 3.63) is 71.8 Å². The van der Waals surface area contributed by atoms with E-state index in [1.54, 1.807) is 0 Å². The van der Waals surface area contributed by atoms with Crippen LogP contribution in [0.25, 0.3) is 0 Å². The van der Waals surface area contributed by atoms with Crippen LogP contribution in [0.4, 0.5) is 0 Å². The van der Waals surface area contributed by atoms with E-state index in [2.05, 4.69) is 46.5 Å². The van der Waals surface area contributed by atoms with E-state index in [0.717, 1.165) is 29.2 Å². The van der Waals surface area contributed by atoms with Gasteiger partial charge in [-0.3, -0.25) is 0 Å². The monoisotopic (exact) mass is 263 g/mol. The molecular formula is C17H17N3. The first kappa shape index (κ1) is 12.6. The summed E-state index contributed by atoms with van der Waals surface area (Å²) in [5.41, 5.74) is 2.18. The van der Waals surface area contributed by atoms with Crippen LogP contribution in [0.1, 0.15) is 24.5 Å². The Morgan fingerprint density at radius 3 is 1.65 bits per heavy atom. The highest BCUT2D eigenvalue weighted by Crippen LogP contribution is 2.12. The summed E-state index contributed by atoms with van der Waals surface area (Å²) in [5.74, 6) is 1.79. The molecule has 0 unspecified atom stereocenters. The molecule has 100 valence electrons. The highest BCUT2D eigenvalue weighted by molar-refractivity contribution is 6.15. The van der Waals surface area contributed by atoms with Crippen LogP contribution in [0.5, 0.6) is 0 Å². The van der Waals surface area contributed by atoms with Crippen LogP contribution in [0.2, 0.25) is 0 Å². The van der Waals surface area contributed by atoms with Gasteiger partial charge in [0.25, 0.3) is 0 Å². The molecule has 1 aliphatic heterocycles. The van der Waals surface area contributed by atoms with Gasteiger partial charge in [-0.25, -0.2) is 9.98 Å². The molecule has 0 fully saturated rings. The zero-order valence-corrected chi connectivity index (χ0v) is 11.5. The van der Waals surface area contributed by atoms with Gasteiger partial charge in [0.1, 0.15) is 17.8 Å². The second kappa shape index (κ2) is 5.70. The lowest BCUT2D eigenvalue weighted by atomic mass is 10.1. The third-order valence-corrected chi connectivity index (χ3v) is 3.25. The smallest absolute Gasteiger partial charge is 0.144 e. The van der Waals surface area contributed by atoms with Crippen LogP contribution in [0.15, 0.2) is 70.6 Å². The van der Waals surface area contributed by atoms with E-state index in [1.165, 1.54) is 0 Å². The van der Waals surface area contributed by atoms with Crippen LogP contribution in [0.3, 0.4) is 0 Å². The molecule has 3 nitrogen and oxygen atoms in total. The van der Waals surface area contributed by atoms with E-state index in [1.807, 2.05) is 36.4 Å². The van der Waals surface area contributed by atoms with Crippen molar-refractivity contribution in [1.29, 1.82) is 0 Å². The topological polar surface area (TPSA) is 36.8 Å². The highest BCUT2D eigenvalue weighted by atomic mass is 15.2. The standard InChI is InChI=1S/C17H17N3/c1-2-15-18-16(13-9-5-3-6-10-13)20-17(19-15)14-11-7-4-8-12-14/h3-12,15H,2H2,1H3,(H,18,19,20). The van der Waals surface area contributed by atoms with Gasteiger partial charge in [-0.1, -0.05) is 67.6 Å². The van der Waals surface area contributed by atoms with Gasteiger partial charge in [-0.2, -0.15) is 0 Å². The predicted molar refractivity (Wildman–Crippen MR) is 83.2 cm³/mol. The number of benzene rings is 2. The van der Waals surface area contributed by atoms with Gasteiger partial charge in [-0.15, -0.1) is 0 Å². The number of rotatable bonds is 3. The molecular weight excluding hydrogens is 246 g/mol. The summed E-state index contributed by atoms with van der Waals surface area (Å²) in [6, 6.07) is 20.4. The van der Waals surface area contributed by atoms with E-state index in [4.69, 9.17) is 0 Å². The van der Waals surface area contributed by atoms with E-state index >= 15 is 0 Å². The van der Waals surface area contributed by atoms with Gasteiger partial charge in [0.2, 0.25) is 0 Å². The van der Waals surface area contributed by atoms with Crippen molar-refractivity contribution in [2.45, 2.75) is 19.5 Å². The number of hydrogen-bond acceptors (Lipinski definition) is 3. The molecule has 1 N–H and O–H groups in total. The highest BCUT2D eigenvalue weighted by Gasteiger charge is 2.17. The Kier molecular flexibility index (Phi) is 3.59. The summed E-state index contributed by atoms with van der Waals surface area (Å²) in [6.45, 7) is 2.11. The van der Waals surface area contributed by atoms with E-state index in [9.17, 15) is 0 Å². The molecule has 1 heterocycles. The molecule has 0 saturated heterocycles. The number of hydrogen-bond donors (Lipinski definition) is 1. The normalized spacial score (nSPS) is 15.2. The molecule has 0 amide bonds. The fraction of sp³-hybridized carbons (Fsp3) is 0.176. The van der Waals surface area contributed by atoms with Gasteiger partial charge in [0, 0.05) is 11.1 Å². The van der Waals surface area contributed by atoms with Crippen LogP contribution in [0, 0.1) is 0 Å². The predicted octanol–water partition coefficient (Wildman–Crippen LogP) is 3.22. The lowest BCUT2D eigenvalue weighted by Crippen LogP contribution is -2.37. The summed E-state index contributed by atoms with van der Waals surface area (Å²) in [5, 5.41) is 3.35. The molecule has 0 aromatic heterocycles. The first-order valence-corrected chi connectivity index (χ1v) is 6.90. The Balaban J connectivity index is 1.94. The van der Waals surface area contributed by atoms with Crippen molar-refractivity contribution in [2.75, 3.05) is 0 Å². The van der Waals surface area contributed by atoms with Crippen molar-refractivity contribution < 1.29 is 0 Å². The summed E-state index contributed by atoms with van der Waals surface area (Å²) in [7, 11) is 0. The van der Waals surface area contributed by atoms with Gasteiger partial charge in [0.05, 0.1) is 0 Å². The first-order valence-electron chi connectivity index (χ1n) is 6.90. The molecule has 0 bridgehead atoms. The SMILES string of the molecule is CCC1N=C(c2ccccc2)NC(c2ccccc2)=N1. The summed E-state index contributed by atoms with van der Waals surface area (Å²) in [6.07, 6.45) is 0.885. The molecule has 0 radical (unpaired) electrons. The molecule has 0 aliphatic carbocycles. The zero-order chi connectivity index (χ0) is 13.8. The Bertz CT molecular complexity index is 574. The Morgan fingerprint density at radius 2 is 1.25 bits per heavy atom. The molecule has 3 rings (SSSR count). The molecule has 1 aliphatic rings. The second-order valence-electron chi connectivity index (χ2n) is 4.70. The van der Waals surface area contributed by atoms with Crippen molar-refractivity contribution >= 4 is 11.7 Å². The third kappa shape index (κ3) is 2.62. The number of nitrogens with zero attached hydrogens (tertiary/aromatic N) is 2. The lowest BCUT2D eigenvalue weighted by Gasteiger charge is -2.21. The van der Waals surface area contributed by atoms with Gasteiger partial charge in [-0.05, 0) is 6.42 Å². The minimum atomic E-state index is -0.0123. The maximum atomic E-state index is 4.66. The van der Waals surface area contributed by atoms with Crippen molar-refractivity contribution in [3.8, 4) is 0 Å². The molecule has 0 spiro atoms. The van der Waals surface area contributed by atoms with Crippen LogP contribution < -0.4 is 5.32 Å². The average molecular weight is 263 g/mol.